The molecule has 0 radical (unpaired) electrons. The van der Waals surface area contributed by atoms with Gasteiger partial charge in [0, 0.05) is 17.5 Å². The van der Waals surface area contributed by atoms with Gasteiger partial charge in [0.2, 0.25) is 0 Å². The van der Waals surface area contributed by atoms with E-state index in [1.54, 1.807) is 19.2 Å². The molecule has 1 heterocycles. The van der Waals surface area contributed by atoms with Crippen LogP contribution in [0.15, 0.2) is 63.8 Å². The minimum atomic E-state index is -4.20. The fourth-order valence-electron chi connectivity index (χ4n) is 2.60. The van der Waals surface area contributed by atoms with Crippen molar-refractivity contribution in [2.45, 2.75) is 18.4 Å². The van der Waals surface area contributed by atoms with Crippen LogP contribution in [0, 0.1) is 0 Å². The van der Waals surface area contributed by atoms with Crippen molar-refractivity contribution in [2.24, 2.45) is 4.99 Å². The number of hydrogen-bond donors (Lipinski definition) is 1. The van der Waals surface area contributed by atoms with E-state index in [0.717, 1.165) is 28.4 Å². The Kier molecular flexibility index (Phi) is 5.26. The van der Waals surface area contributed by atoms with Crippen LogP contribution in [0.2, 0.25) is 0 Å². The molecule has 0 aliphatic rings. The summed E-state index contributed by atoms with van der Waals surface area (Å²) in [6.07, 6.45) is 0. The molecule has 3 rings (SSSR count). The van der Waals surface area contributed by atoms with E-state index in [1.807, 2.05) is 36.6 Å². The highest BCUT2D eigenvalue weighted by Crippen LogP contribution is 2.30. The maximum atomic E-state index is 11.1. The van der Waals surface area contributed by atoms with E-state index >= 15 is 0 Å². The van der Waals surface area contributed by atoms with Crippen LogP contribution in [0.25, 0.3) is 11.3 Å². The van der Waals surface area contributed by atoms with Gasteiger partial charge in [0.05, 0.1) is 23.4 Å². The number of para-hydroxylation sites is 1. The highest BCUT2D eigenvalue weighted by Gasteiger charge is 2.12. The van der Waals surface area contributed by atoms with Crippen molar-refractivity contribution in [1.82, 2.24) is 4.57 Å². The quantitative estimate of drug-likeness (QED) is 0.673. The minimum absolute atomic E-state index is 0.152. The zero-order chi connectivity index (χ0) is 18.7. The first-order valence-electron chi connectivity index (χ1n) is 7.88. The SMILES string of the molecule is CCn1c(-c2ccccc2OC)cs/c1=N\c1ccc(S(=O)(=O)O)cc1. The molecule has 0 amide bonds. The van der Waals surface area contributed by atoms with Crippen molar-refractivity contribution in [3.63, 3.8) is 0 Å². The largest absolute Gasteiger partial charge is 0.496 e. The third-order valence-corrected chi connectivity index (χ3v) is 5.59. The van der Waals surface area contributed by atoms with Crippen LogP contribution in [0.3, 0.4) is 0 Å². The lowest BCUT2D eigenvalue weighted by Gasteiger charge is -2.10. The van der Waals surface area contributed by atoms with Gasteiger partial charge in [-0.2, -0.15) is 8.42 Å². The van der Waals surface area contributed by atoms with Crippen LogP contribution >= 0.6 is 11.3 Å². The van der Waals surface area contributed by atoms with E-state index < -0.39 is 10.1 Å². The number of hydrogen-bond acceptors (Lipinski definition) is 5. The van der Waals surface area contributed by atoms with Crippen molar-refractivity contribution in [3.8, 4) is 17.0 Å². The first kappa shape index (κ1) is 18.4. The molecular formula is C18H18N2O4S2. The predicted molar refractivity (Wildman–Crippen MR) is 101 cm³/mol. The zero-order valence-corrected chi connectivity index (χ0v) is 15.9. The Bertz CT molecular complexity index is 1080. The second kappa shape index (κ2) is 7.45. The monoisotopic (exact) mass is 390 g/mol. The molecule has 26 heavy (non-hydrogen) atoms. The van der Waals surface area contributed by atoms with E-state index in [-0.39, 0.29) is 4.90 Å². The molecule has 1 N–H and O–H groups in total. The summed E-state index contributed by atoms with van der Waals surface area (Å²) in [6, 6.07) is 13.6. The smallest absolute Gasteiger partial charge is 0.294 e. The Labute approximate surface area is 155 Å². The number of benzene rings is 2. The fraction of sp³-hybridized carbons (Fsp3) is 0.167. The summed E-state index contributed by atoms with van der Waals surface area (Å²) in [5, 5.41) is 2.02. The summed E-state index contributed by atoms with van der Waals surface area (Å²) < 4.78 is 38.8. The molecule has 0 unspecified atom stereocenters. The molecule has 0 spiro atoms. The summed E-state index contributed by atoms with van der Waals surface area (Å²) in [4.78, 5) is 5.23. The predicted octanol–water partition coefficient (Wildman–Crippen LogP) is 3.72. The van der Waals surface area contributed by atoms with E-state index in [0.29, 0.717) is 5.69 Å². The van der Waals surface area contributed by atoms with Crippen LogP contribution in [0.1, 0.15) is 6.92 Å². The van der Waals surface area contributed by atoms with E-state index in [9.17, 15) is 8.42 Å². The molecule has 136 valence electrons. The molecule has 3 aromatic rings. The van der Waals surface area contributed by atoms with Gasteiger partial charge in [0.15, 0.2) is 4.80 Å². The van der Waals surface area contributed by atoms with Gasteiger partial charge in [-0.1, -0.05) is 12.1 Å². The maximum Gasteiger partial charge on any atom is 0.294 e. The van der Waals surface area contributed by atoms with E-state index in [4.69, 9.17) is 9.29 Å². The second-order valence-electron chi connectivity index (χ2n) is 5.43. The fourth-order valence-corrected chi connectivity index (χ4v) is 4.06. The van der Waals surface area contributed by atoms with Crippen molar-refractivity contribution in [1.29, 1.82) is 0 Å². The summed E-state index contributed by atoms with van der Waals surface area (Å²) in [5.41, 5.74) is 2.59. The van der Waals surface area contributed by atoms with Gasteiger partial charge in [-0.3, -0.25) is 4.55 Å². The second-order valence-corrected chi connectivity index (χ2v) is 7.69. The number of rotatable bonds is 5. The van der Waals surface area contributed by atoms with Crippen molar-refractivity contribution < 1.29 is 17.7 Å². The minimum Gasteiger partial charge on any atom is -0.496 e. The molecule has 8 heteroatoms. The summed E-state index contributed by atoms with van der Waals surface area (Å²) >= 11 is 1.49. The normalized spacial score (nSPS) is 12.3. The highest BCUT2D eigenvalue weighted by molar-refractivity contribution is 7.85. The number of ether oxygens (including phenoxy) is 1. The van der Waals surface area contributed by atoms with Crippen LogP contribution in [0.5, 0.6) is 5.75 Å². The first-order chi connectivity index (χ1) is 12.4. The van der Waals surface area contributed by atoms with Crippen LogP contribution in [0.4, 0.5) is 5.69 Å². The lowest BCUT2D eigenvalue weighted by molar-refractivity contribution is 0.416. The van der Waals surface area contributed by atoms with Gasteiger partial charge < -0.3 is 9.30 Å². The molecule has 1 aromatic heterocycles. The number of nitrogens with zero attached hydrogens (tertiary/aromatic N) is 2. The molecular weight excluding hydrogens is 372 g/mol. The molecule has 0 saturated carbocycles. The van der Waals surface area contributed by atoms with Crippen molar-refractivity contribution >= 4 is 27.1 Å². The summed E-state index contributed by atoms with van der Waals surface area (Å²) in [5.74, 6) is 0.788. The van der Waals surface area contributed by atoms with Crippen LogP contribution < -0.4 is 9.54 Å². The van der Waals surface area contributed by atoms with Crippen molar-refractivity contribution in [2.75, 3.05) is 7.11 Å². The number of thiazole rings is 1. The average molecular weight is 390 g/mol. The Morgan fingerprint density at radius 1 is 1.15 bits per heavy atom. The van der Waals surface area contributed by atoms with E-state index in [1.165, 1.54) is 23.5 Å². The highest BCUT2D eigenvalue weighted by atomic mass is 32.2. The van der Waals surface area contributed by atoms with Crippen molar-refractivity contribution in [3.05, 3.63) is 58.7 Å². The van der Waals surface area contributed by atoms with Crippen LogP contribution in [-0.2, 0) is 16.7 Å². The molecule has 0 atom stereocenters. The molecule has 0 saturated heterocycles. The lowest BCUT2D eigenvalue weighted by atomic mass is 10.1. The van der Waals surface area contributed by atoms with Gasteiger partial charge in [-0.05, 0) is 43.3 Å². The molecule has 0 aliphatic heterocycles. The molecule has 0 fully saturated rings. The van der Waals surface area contributed by atoms with Gasteiger partial charge in [-0.15, -0.1) is 11.3 Å². The first-order valence-corrected chi connectivity index (χ1v) is 10.2. The standard InChI is InChI=1S/C18H18N2O4S2/c1-3-20-16(15-6-4-5-7-17(15)24-2)12-25-18(20)19-13-8-10-14(11-9-13)26(21,22)23/h4-12H,3H2,1-2H3,(H,21,22,23)/b19-18-. The Balaban J connectivity index is 2.07. The maximum absolute atomic E-state index is 11.1. The summed E-state index contributed by atoms with van der Waals surface area (Å²) in [6.45, 7) is 2.75. The van der Waals surface area contributed by atoms with Gasteiger partial charge in [0.1, 0.15) is 5.75 Å². The Morgan fingerprint density at radius 2 is 1.85 bits per heavy atom. The number of aromatic nitrogens is 1. The van der Waals surface area contributed by atoms with Crippen LogP contribution in [-0.4, -0.2) is 24.6 Å². The Hall–Kier alpha value is -2.42. The third kappa shape index (κ3) is 3.72. The Morgan fingerprint density at radius 3 is 2.46 bits per heavy atom. The third-order valence-electron chi connectivity index (χ3n) is 3.86. The number of methoxy groups -OCH3 is 1. The van der Waals surface area contributed by atoms with Gasteiger partial charge >= 0.3 is 0 Å². The zero-order valence-electron chi connectivity index (χ0n) is 14.3. The average Bonchev–Trinajstić information content (AvgIpc) is 3.03. The molecule has 6 nitrogen and oxygen atoms in total. The van der Waals surface area contributed by atoms with Gasteiger partial charge in [0.25, 0.3) is 10.1 Å². The topological polar surface area (TPSA) is 80.9 Å². The van der Waals surface area contributed by atoms with E-state index in [2.05, 4.69) is 9.56 Å². The molecule has 0 aliphatic carbocycles. The molecule has 2 aromatic carbocycles. The molecule has 0 bridgehead atoms. The summed E-state index contributed by atoms with van der Waals surface area (Å²) in [7, 11) is -2.56. The lowest BCUT2D eigenvalue weighted by Crippen LogP contribution is -2.14. The van der Waals surface area contributed by atoms with Gasteiger partial charge in [-0.25, -0.2) is 4.99 Å².